The first-order chi connectivity index (χ1) is 6.77. The van der Waals surface area contributed by atoms with E-state index in [2.05, 4.69) is 5.16 Å². The van der Waals surface area contributed by atoms with E-state index >= 15 is 0 Å². The lowest BCUT2D eigenvalue weighted by molar-refractivity contribution is -0.132. The number of hydrogen-bond donors (Lipinski definition) is 1. The van der Waals surface area contributed by atoms with Crippen molar-refractivity contribution in [3.05, 3.63) is 0 Å². The zero-order chi connectivity index (χ0) is 10.4. The van der Waals surface area contributed by atoms with Crippen LogP contribution in [0.15, 0.2) is 5.16 Å². The summed E-state index contributed by atoms with van der Waals surface area (Å²) >= 11 is 0. The van der Waals surface area contributed by atoms with Gasteiger partial charge in [0.2, 0.25) is 5.91 Å². The molecule has 1 aliphatic heterocycles. The van der Waals surface area contributed by atoms with Crippen LogP contribution in [0.5, 0.6) is 0 Å². The first kappa shape index (κ1) is 11.0. The molecule has 0 atom stereocenters. The van der Waals surface area contributed by atoms with E-state index in [9.17, 15) is 4.79 Å². The van der Waals surface area contributed by atoms with Gasteiger partial charge in [-0.2, -0.15) is 0 Å². The first-order valence-electron chi connectivity index (χ1n) is 4.74. The third-order valence-electron chi connectivity index (χ3n) is 2.35. The minimum absolute atomic E-state index is 0.115. The summed E-state index contributed by atoms with van der Waals surface area (Å²) < 4.78 is 4.83. The maximum Gasteiger partial charge on any atom is 0.224 e. The van der Waals surface area contributed by atoms with Crippen molar-refractivity contribution in [2.24, 2.45) is 5.16 Å². The molecule has 5 heteroatoms. The highest BCUT2D eigenvalue weighted by Gasteiger charge is 2.19. The zero-order valence-corrected chi connectivity index (χ0v) is 8.40. The summed E-state index contributed by atoms with van der Waals surface area (Å²) in [6.45, 7) is 1.78. The van der Waals surface area contributed by atoms with Crippen LogP contribution >= 0.6 is 0 Å². The molecule has 0 aromatic heterocycles. The van der Waals surface area contributed by atoms with Crippen molar-refractivity contribution in [3.63, 3.8) is 0 Å². The third kappa shape index (κ3) is 2.99. The number of nitrogens with zero attached hydrogens (tertiary/aromatic N) is 2. The lowest BCUT2D eigenvalue weighted by Gasteiger charge is -2.27. The number of oxime groups is 1. The standard InChI is InChI=1S/C9H16N2O3/c1-14-7-4-9(12)11-5-2-8(10-13)3-6-11/h13H,2-7H2,1H3. The minimum Gasteiger partial charge on any atom is -0.411 e. The number of carbonyl (C=O) groups excluding carboxylic acids is 1. The number of methoxy groups -OCH3 is 1. The van der Waals surface area contributed by atoms with Crippen LogP contribution in [0.3, 0.4) is 0 Å². The summed E-state index contributed by atoms with van der Waals surface area (Å²) in [6.07, 6.45) is 1.78. The van der Waals surface area contributed by atoms with Gasteiger partial charge in [-0.15, -0.1) is 0 Å². The Bertz CT molecular complexity index is 218. The van der Waals surface area contributed by atoms with Crippen molar-refractivity contribution in [2.45, 2.75) is 19.3 Å². The predicted molar refractivity (Wildman–Crippen MR) is 51.5 cm³/mol. The second-order valence-electron chi connectivity index (χ2n) is 3.29. The highest BCUT2D eigenvalue weighted by atomic mass is 16.5. The van der Waals surface area contributed by atoms with Crippen molar-refractivity contribution >= 4 is 11.6 Å². The van der Waals surface area contributed by atoms with E-state index in [4.69, 9.17) is 9.94 Å². The van der Waals surface area contributed by atoms with E-state index in [1.54, 1.807) is 12.0 Å². The molecule has 5 nitrogen and oxygen atoms in total. The lowest BCUT2D eigenvalue weighted by atomic mass is 10.1. The molecule has 0 bridgehead atoms. The maximum atomic E-state index is 11.5. The Morgan fingerprint density at radius 2 is 2.21 bits per heavy atom. The van der Waals surface area contributed by atoms with Gasteiger partial charge in [0.1, 0.15) is 0 Å². The van der Waals surface area contributed by atoms with Crippen molar-refractivity contribution in [1.29, 1.82) is 0 Å². The van der Waals surface area contributed by atoms with E-state index in [0.29, 0.717) is 39.0 Å². The van der Waals surface area contributed by atoms with Crippen molar-refractivity contribution in [1.82, 2.24) is 4.90 Å². The normalized spacial score (nSPS) is 16.9. The van der Waals surface area contributed by atoms with Gasteiger partial charge in [-0.25, -0.2) is 0 Å². The zero-order valence-electron chi connectivity index (χ0n) is 8.40. The van der Waals surface area contributed by atoms with Crippen LogP contribution in [0.4, 0.5) is 0 Å². The molecule has 14 heavy (non-hydrogen) atoms. The van der Waals surface area contributed by atoms with Gasteiger partial charge in [0, 0.05) is 33.0 Å². The summed E-state index contributed by atoms with van der Waals surface area (Å²) in [5, 5.41) is 11.7. The number of likely N-dealkylation sites (tertiary alicyclic amines) is 1. The Labute approximate surface area is 83.3 Å². The SMILES string of the molecule is COCCC(=O)N1CCC(=NO)CC1. The Morgan fingerprint density at radius 1 is 1.57 bits per heavy atom. The summed E-state index contributed by atoms with van der Waals surface area (Å²) in [6, 6.07) is 0. The molecule has 0 aromatic rings. The molecular weight excluding hydrogens is 184 g/mol. The fourth-order valence-corrected chi connectivity index (χ4v) is 1.46. The molecule has 1 saturated heterocycles. The maximum absolute atomic E-state index is 11.5. The summed E-state index contributed by atoms with van der Waals surface area (Å²) in [5.74, 6) is 0.115. The average Bonchev–Trinajstić information content (AvgIpc) is 2.26. The van der Waals surface area contributed by atoms with E-state index in [1.807, 2.05) is 0 Å². The molecule has 0 aliphatic carbocycles. The molecule has 0 radical (unpaired) electrons. The van der Waals surface area contributed by atoms with Gasteiger partial charge in [0.25, 0.3) is 0 Å². The second kappa shape index (κ2) is 5.59. The number of carbonyl (C=O) groups is 1. The number of rotatable bonds is 3. The van der Waals surface area contributed by atoms with E-state index in [1.165, 1.54) is 0 Å². The fourth-order valence-electron chi connectivity index (χ4n) is 1.46. The van der Waals surface area contributed by atoms with E-state index in [-0.39, 0.29) is 5.91 Å². The highest BCUT2D eigenvalue weighted by Crippen LogP contribution is 2.08. The molecule has 80 valence electrons. The van der Waals surface area contributed by atoms with Gasteiger partial charge in [-0.05, 0) is 0 Å². The summed E-state index contributed by atoms with van der Waals surface area (Å²) in [5.41, 5.74) is 0.779. The van der Waals surface area contributed by atoms with Crippen molar-refractivity contribution in [3.8, 4) is 0 Å². The monoisotopic (exact) mass is 200 g/mol. The van der Waals surface area contributed by atoms with E-state index in [0.717, 1.165) is 5.71 Å². The van der Waals surface area contributed by atoms with Gasteiger partial charge in [0.15, 0.2) is 0 Å². The van der Waals surface area contributed by atoms with Crippen molar-refractivity contribution in [2.75, 3.05) is 26.8 Å². The average molecular weight is 200 g/mol. The number of amides is 1. The lowest BCUT2D eigenvalue weighted by Crippen LogP contribution is -2.39. The van der Waals surface area contributed by atoms with E-state index < -0.39 is 0 Å². The van der Waals surface area contributed by atoms with Crippen LogP contribution in [0.25, 0.3) is 0 Å². The van der Waals surface area contributed by atoms with Gasteiger partial charge in [0.05, 0.1) is 18.7 Å². The Morgan fingerprint density at radius 3 is 2.71 bits per heavy atom. The Hall–Kier alpha value is -1.10. The highest BCUT2D eigenvalue weighted by molar-refractivity contribution is 5.87. The van der Waals surface area contributed by atoms with Crippen LogP contribution in [0.2, 0.25) is 0 Å². The second-order valence-corrected chi connectivity index (χ2v) is 3.29. The minimum atomic E-state index is 0.115. The van der Waals surface area contributed by atoms with Gasteiger partial charge < -0.3 is 14.8 Å². The number of ether oxygens (including phenoxy) is 1. The molecular formula is C9H16N2O3. The molecule has 1 amide bonds. The molecule has 0 unspecified atom stereocenters. The molecule has 0 spiro atoms. The first-order valence-corrected chi connectivity index (χ1v) is 4.74. The van der Waals surface area contributed by atoms with Gasteiger partial charge in [-0.1, -0.05) is 5.16 Å². The van der Waals surface area contributed by atoms with Gasteiger partial charge >= 0.3 is 0 Å². The third-order valence-corrected chi connectivity index (χ3v) is 2.35. The largest absolute Gasteiger partial charge is 0.411 e. The molecule has 1 N–H and O–H groups in total. The summed E-state index contributed by atoms with van der Waals surface area (Å²) in [4.78, 5) is 13.3. The molecule has 0 saturated carbocycles. The van der Waals surface area contributed by atoms with Crippen LogP contribution in [0, 0.1) is 0 Å². The van der Waals surface area contributed by atoms with Crippen LogP contribution in [0.1, 0.15) is 19.3 Å². The Kier molecular flexibility index (Phi) is 4.39. The number of piperidine rings is 1. The quantitative estimate of drug-likeness (QED) is 0.532. The van der Waals surface area contributed by atoms with Crippen LogP contribution < -0.4 is 0 Å². The number of hydrogen-bond acceptors (Lipinski definition) is 4. The topological polar surface area (TPSA) is 62.1 Å². The van der Waals surface area contributed by atoms with Crippen molar-refractivity contribution < 1.29 is 14.7 Å². The molecule has 1 heterocycles. The smallest absolute Gasteiger partial charge is 0.224 e. The van der Waals surface area contributed by atoms with Gasteiger partial charge in [-0.3, -0.25) is 4.79 Å². The summed E-state index contributed by atoms with van der Waals surface area (Å²) in [7, 11) is 1.58. The van der Waals surface area contributed by atoms with Crippen LogP contribution in [-0.2, 0) is 9.53 Å². The predicted octanol–water partition coefficient (Wildman–Crippen LogP) is 0.476. The molecule has 1 fully saturated rings. The molecule has 1 rings (SSSR count). The fraction of sp³-hybridized carbons (Fsp3) is 0.778. The van der Waals surface area contributed by atoms with Crippen LogP contribution in [-0.4, -0.2) is 48.5 Å². The molecule has 0 aromatic carbocycles. The molecule has 1 aliphatic rings. The Balaban J connectivity index is 2.30.